The molecule has 4 aromatic rings. The van der Waals surface area contributed by atoms with E-state index in [9.17, 15) is 4.39 Å². The summed E-state index contributed by atoms with van der Waals surface area (Å²) in [4.78, 5) is 4.35. The number of nitrogen functional groups attached to an aromatic ring is 1. The van der Waals surface area contributed by atoms with Gasteiger partial charge in [0.05, 0.1) is 28.7 Å². The van der Waals surface area contributed by atoms with Crippen molar-refractivity contribution in [1.82, 2.24) is 20.1 Å². The van der Waals surface area contributed by atoms with E-state index in [4.69, 9.17) is 43.8 Å². The first-order valence-corrected chi connectivity index (χ1v) is 13.0. The molecule has 3 aromatic heterocycles. The van der Waals surface area contributed by atoms with E-state index >= 15 is 0 Å². The average Bonchev–Trinajstić information content (AvgIpc) is 3.52. The molecule has 0 aliphatic carbocycles. The van der Waals surface area contributed by atoms with Crippen LogP contribution in [0.2, 0.25) is 10.0 Å². The van der Waals surface area contributed by atoms with E-state index in [-0.39, 0.29) is 33.2 Å². The topological polar surface area (TPSA) is 117 Å². The van der Waals surface area contributed by atoms with Crippen LogP contribution >= 0.6 is 23.2 Å². The minimum absolute atomic E-state index is 0.0883. The predicted molar refractivity (Wildman–Crippen MR) is 147 cm³/mol. The normalized spacial score (nSPS) is 15.7. The van der Waals surface area contributed by atoms with Crippen molar-refractivity contribution in [1.29, 1.82) is 0 Å². The molecule has 2 atom stereocenters. The fourth-order valence-electron chi connectivity index (χ4n) is 4.60. The lowest BCUT2D eigenvalue weighted by Crippen LogP contribution is -2.29. The monoisotopic (exact) mass is 556 g/mol. The first kappa shape index (κ1) is 26.3. The van der Waals surface area contributed by atoms with Crippen LogP contribution in [-0.2, 0) is 0 Å². The number of nitrogens with one attached hydrogen (secondary N) is 1. The number of hydrogen-bond acceptors (Lipinski definition) is 7. The maximum absolute atomic E-state index is 14.2. The largest absolute Gasteiger partial charge is 0.478 e. The number of anilines is 1. The third kappa shape index (κ3) is 5.05. The van der Waals surface area contributed by atoms with Crippen LogP contribution in [0.3, 0.4) is 0 Å². The molecule has 198 valence electrons. The Morgan fingerprint density at radius 1 is 1.24 bits per heavy atom. The van der Waals surface area contributed by atoms with Gasteiger partial charge in [-0.05, 0) is 57.8 Å². The molecule has 0 amide bonds. The fraction of sp³-hybridized carbons (Fsp3) is 0.333. The highest BCUT2D eigenvalue weighted by molar-refractivity contribution is 6.36. The van der Waals surface area contributed by atoms with Gasteiger partial charge >= 0.3 is 0 Å². The standard InChI is InChI=1S/C27H27Cl2FN6O2/c1-14(31)3-6-21-23(16-11-35-36(13-16)17-7-9-33-10-8-17)18-12-34-27(32)26(25(18)38-21)37-15(2)22-19(28)4-5-20(30)24(22)29/h4-5,11-15,17,33H,7-10,31H2,1-2H3,(H2,32,34)/t14?,15-/m1/s1. The second kappa shape index (κ2) is 10.8. The van der Waals surface area contributed by atoms with Crippen LogP contribution in [0.4, 0.5) is 10.2 Å². The van der Waals surface area contributed by atoms with Gasteiger partial charge in [0.15, 0.2) is 17.2 Å². The number of rotatable bonds is 5. The summed E-state index contributed by atoms with van der Waals surface area (Å²) >= 11 is 12.5. The number of fused-ring (bicyclic) bond motifs is 1. The Bertz CT molecular complexity index is 1550. The first-order chi connectivity index (χ1) is 18.2. The molecule has 1 fully saturated rings. The zero-order valence-corrected chi connectivity index (χ0v) is 22.4. The van der Waals surface area contributed by atoms with Gasteiger partial charge < -0.3 is 25.9 Å². The maximum atomic E-state index is 14.2. The Labute approximate surface area is 229 Å². The number of nitrogens with zero attached hydrogens (tertiary/aromatic N) is 3. The SMILES string of the molecule is CC(N)C#Cc1oc2c(O[C@H](C)c3c(Cl)ccc(F)c3Cl)c(N)ncc2c1-c1cnn(C2CCNCC2)c1. The number of hydrogen-bond donors (Lipinski definition) is 3. The number of pyridine rings is 1. The van der Waals surface area contributed by atoms with E-state index < -0.39 is 11.9 Å². The third-order valence-electron chi connectivity index (χ3n) is 6.48. The number of benzene rings is 1. The van der Waals surface area contributed by atoms with Gasteiger partial charge in [0.2, 0.25) is 5.75 Å². The highest BCUT2D eigenvalue weighted by Crippen LogP contribution is 2.43. The molecule has 1 saturated heterocycles. The lowest BCUT2D eigenvalue weighted by molar-refractivity contribution is 0.227. The van der Waals surface area contributed by atoms with Crippen LogP contribution in [0, 0.1) is 17.7 Å². The van der Waals surface area contributed by atoms with Gasteiger partial charge in [-0.3, -0.25) is 4.68 Å². The quantitative estimate of drug-likeness (QED) is 0.220. The molecule has 1 aliphatic heterocycles. The third-order valence-corrected chi connectivity index (χ3v) is 7.20. The molecule has 0 spiro atoms. The number of halogens is 3. The van der Waals surface area contributed by atoms with Gasteiger partial charge in [0.1, 0.15) is 11.9 Å². The molecule has 1 unspecified atom stereocenters. The van der Waals surface area contributed by atoms with Gasteiger partial charge in [0.25, 0.3) is 0 Å². The van der Waals surface area contributed by atoms with E-state index in [0.29, 0.717) is 28.3 Å². The Morgan fingerprint density at radius 2 is 2.00 bits per heavy atom. The summed E-state index contributed by atoms with van der Waals surface area (Å²) < 4.78 is 28.6. The molecule has 0 radical (unpaired) electrons. The molecule has 1 aromatic carbocycles. The van der Waals surface area contributed by atoms with Crippen molar-refractivity contribution < 1.29 is 13.5 Å². The molecule has 11 heteroatoms. The molecular weight excluding hydrogens is 530 g/mol. The van der Waals surface area contributed by atoms with E-state index in [1.54, 1.807) is 26.2 Å². The van der Waals surface area contributed by atoms with Crippen LogP contribution in [0.15, 0.2) is 35.1 Å². The lowest BCUT2D eigenvalue weighted by atomic mass is 10.1. The molecule has 1 aliphatic rings. The molecule has 8 nitrogen and oxygen atoms in total. The fourth-order valence-corrected chi connectivity index (χ4v) is 5.28. The predicted octanol–water partition coefficient (Wildman–Crippen LogP) is 5.48. The lowest BCUT2D eigenvalue weighted by Gasteiger charge is -2.22. The minimum atomic E-state index is -0.768. The Hall–Kier alpha value is -3.29. The number of piperidine rings is 1. The van der Waals surface area contributed by atoms with Crippen molar-refractivity contribution in [2.75, 3.05) is 18.8 Å². The van der Waals surface area contributed by atoms with Gasteiger partial charge in [-0.25, -0.2) is 9.37 Å². The Morgan fingerprint density at radius 3 is 2.74 bits per heavy atom. The summed E-state index contributed by atoms with van der Waals surface area (Å²) in [7, 11) is 0. The smallest absolute Gasteiger partial charge is 0.205 e. The molecule has 38 heavy (non-hydrogen) atoms. The number of aromatic nitrogens is 3. The van der Waals surface area contributed by atoms with Gasteiger partial charge in [0, 0.05) is 34.1 Å². The van der Waals surface area contributed by atoms with Gasteiger partial charge in [-0.2, -0.15) is 5.10 Å². The number of nitrogens with two attached hydrogens (primary N) is 2. The molecule has 4 heterocycles. The van der Waals surface area contributed by atoms with Crippen molar-refractivity contribution in [2.45, 2.75) is 44.9 Å². The van der Waals surface area contributed by atoms with Crippen LogP contribution in [0.5, 0.6) is 5.75 Å². The Balaban J connectivity index is 1.62. The van der Waals surface area contributed by atoms with Gasteiger partial charge in [-0.15, -0.1) is 0 Å². The van der Waals surface area contributed by atoms with Crippen LogP contribution in [-0.4, -0.2) is 33.9 Å². The van der Waals surface area contributed by atoms with Crippen molar-refractivity contribution >= 4 is 40.0 Å². The van der Waals surface area contributed by atoms with Crippen LogP contribution in [0.25, 0.3) is 22.1 Å². The average molecular weight is 557 g/mol. The zero-order valence-electron chi connectivity index (χ0n) is 20.9. The molecule has 0 bridgehead atoms. The molecule has 5 rings (SSSR count). The summed E-state index contributed by atoms with van der Waals surface area (Å²) in [5, 5.41) is 8.77. The second-order valence-corrected chi connectivity index (χ2v) is 10.1. The maximum Gasteiger partial charge on any atom is 0.205 e. The van der Waals surface area contributed by atoms with Crippen LogP contribution in [0.1, 0.15) is 50.2 Å². The summed E-state index contributed by atoms with van der Waals surface area (Å²) in [5.41, 5.74) is 14.3. The summed E-state index contributed by atoms with van der Waals surface area (Å²) in [5.74, 6) is 6.04. The van der Waals surface area contributed by atoms with Crippen molar-refractivity contribution in [3.05, 3.63) is 57.9 Å². The minimum Gasteiger partial charge on any atom is -0.478 e. The first-order valence-electron chi connectivity index (χ1n) is 12.3. The molecular formula is C27H27Cl2FN6O2. The van der Waals surface area contributed by atoms with E-state index in [0.717, 1.165) is 31.5 Å². The van der Waals surface area contributed by atoms with Crippen molar-refractivity contribution in [2.24, 2.45) is 5.73 Å². The highest BCUT2D eigenvalue weighted by Gasteiger charge is 2.26. The van der Waals surface area contributed by atoms with E-state index in [1.807, 2.05) is 10.9 Å². The van der Waals surface area contributed by atoms with Crippen molar-refractivity contribution in [3.63, 3.8) is 0 Å². The Kier molecular flexibility index (Phi) is 7.50. The van der Waals surface area contributed by atoms with E-state index in [1.165, 1.54) is 12.1 Å². The molecule has 5 N–H and O–H groups in total. The highest BCUT2D eigenvalue weighted by atomic mass is 35.5. The summed E-state index contributed by atoms with van der Waals surface area (Å²) in [6, 6.07) is 2.55. The summed E-state index contributed by atoms with van der Waals surface area (Å²) in [6.45, 7) is 5.36. The van der Waals surface area contributed by atoms with Crippen molar-refractivity contribution in [3.8, 4) is 28.7 Å². The van der Waals surface area contributed by atoms with Crippen LogP contribution < -0.4 is 21.5 Å². The van der Waals surface area contributed by atoms with E-state index in [2.05, 4.69) is 27.2 Å². The second-order valence-electron chi connectivity index (χ2n) is 9.29. The zero-order chi connectivity index (χ0) is 27.0. The molecule has 0 saturated carbocycles. The number of furan rings is 1. The summed E-state index contributed by atoms with van der Waals surface area (Å²) in [6.07, 6.45) is 6.60. The van der Waals surface area contributed by atoms with Gasteiger partial charge in [-0.1, -0.05) is 29.1 Å². The number of ether oxygens (including phenoxy) is 1.